The summed E-state index contributed by atoms with van der Waals surface area (Å²) in [7, 11) is 1.71. The lowest BCUT2D eigenvalue weighted by atomic mass is 9.96. The standard InChI is InChI=1S/C13H24N2O2.ClH/c1-17-9-13(6-2-3-7-13)15-12(16)10-4-5-11(14)8-10;/h10-11H,2-9,14H2,1H3,(H,15,16);1H/t10-,11+;/m0./s1. The van der Waals surface area contributed by atoms with Gasteiger partial charge >= 0.3 is 0 Å². The molecule has 4 nitrogen and oxygen atoms in total. The van der Waals surface area contributed by atoms with Gasteiger partial charge in [0.2, 0.25) is 5.91 Å². The van der Waals surface area contributed by atoms with E-state index in [9.17, 15) is 4.79 Å². The van der Waals surface area contributed by atoms with Crippen molar-refractivity contribution >= 4 is 18.3 Å². The van der Waals surface area contributed by atoms with Gasteiger partial charge < -0.3 is 15.8 Å². The lowest BCUT2D eigenvalue weighted by Gasteiger charge is -2.30. The smallest absolute Gasteiger partial charge is 0.223 e. The van der Waals surface area contributed by atoms with Crippen LogP contribution in [0.25, 0.3) is 0 Å². The zero-order valence-corrected chi connectivity index (χ0v) is 11.9. The molecule has 0 spiro atoms. The van der Waals surface area contributed by atoms with Crippen molar-refractivity contribution in [3.05, 3.63) is 0 Å². The van der Waals surface area contributed by atoms with Crippen LogP contribution in [-0.2, 0) is 9.53 Å². The van der Waals surface area contributed by atoms with Crippen molar-refractivity contribution in [2.24, 2.45) is 11.7 Å². The number of rotatable bonds is 4. The van der Waals surface area contributed by atoms with Crippen molar-refractivity contribution < 1.29 is 9.53 Å². The van der Waals surface area contributed by atoms with E-state index in [-0.39, 0.29) is 35.8 Å². The van der Waals surface area contributed by atoms with Crippen LogP contribution in [0.3, 0.4) is 0 Å². The number of hydrogen-bond donors (Lipinski definition) is 2. The first-order chi connectivity index (χ1) is 8.15. The lowest BCUT2D eigenvalue weighted by Crippen LogP contribution is -2.51. The van der Waals surface area contributed by atoms with Gasteiger partial charge in [-0.15, -0.1) is 12.4 Å². The molecule has 0 unspecified atom stereocenters. The summed E-state index contributed by atoms with van der Waals surface area (Å²) in [6, 6.07) is 0.215. The topological polar surface area (TPSA) is 64.3 Å². The van der Waals surface area contributed by atoms with E-state index in [1.54, 1.807) is 7.11 Å². The Morgan fingerprint density at radius 2 is 2.06 bits per heavy atom. The van der Waals surface area contributed by atoms with E-state index in [0.717, 1.165) is 32.1 Å². The SMILES string of the molecule is COCC1(NC(=O)[C@H]2CC[C@@H](N)C2)CCCC1.Cl. The lowest BCUT2D eigenvalue weighted by molar-refractivity contribution is -0.127. The minimum absolute atomic E-state index is 0. The summed E-state index contributed by atoms with van der Waals surface area (Å²) in [5.74, 6) is 0.316. The Balaban J connectivity index is 0.00000162. The Hall–Kier alpha value is -0.320. The molecule has 2 aliphatic rings. The predicted molar refractivity (Wildman–Crippen MR) is 73.8 cm³/mol. The summed E-state index contributed by atoms with van der Waals surface area (Å²) < 4.78 is 5.27. The number of nitrogens with two attached hydrogens (primary N) is 1. The van der Waals surface area contributed by atoms with Gasteiger partial charge in [0.05, 0.1) is 12.1 Å². The third kappa shape index (κ3) is 3.59. The molecule has 0 aromatic carbocycles. The molecular formula is C13H25ClN2O2. The van der Waals surface area contributed by atoms with E-state index >= 15 is 0 Å². The molecule has 2 saturated carbocycles. The summed E-state index contributed by atoms with van der Waals surface area (Å²) in [6.45, 7) is 0.636. The normalized spacial score (nSPS) is 29.9. The maximum absolute atomic E-state index is 12.2. The predicted octanol–water partition coefficient (Wildman–Crippen LogP) is 1.61. The number of carbonyl (C=O) groups is 1. The number of ether oxygens (including phenoxy) is 1. The minimum Gasteiger partial charge on any atom is -0.382 e. The average Bonchev–Trinajstić information content (AvgIpc) is 2.88. The fraction of sp³-hybridized carbons (Fsp3) is 0.923. The van der Waals surface area contributed by atoms with Crippen LogP contribution in [-0.4, -0.2) is 31.2 Å². The van der Waals surface area contributed by atoms with Crippen LogP contribution in [0.15, 0.2) is 0 Å². The second kappa shape index (κ2) is 6.73. The minimum atomic E-state index is -0.0987. The van der Waals surface area contributed by atoms with Crippen molar-refractivity contribution in [2.75, 3.05) is 13.7 Å². The first kappa shape index (κ1) is 15.7. The highest BCUT2D eigenvalue weighted by atomic mass is 35.5. The van der Waals surface area contributed by atoms with Crippen LogP contribution in [0.4, 0.5) is 0 Å². The molecule has 106 valence electrons. The maximum atomic E-state index is 12.2. The average molecular weight is 277 g/mol. The Labute approximate surface area is 115 Å². The van der Waals surface area contributed by atoms with Crippen molar-refractivity contribution in [3.8, 4) is 0 Å². The van der Waals surface area contributed by atoms with Gasteiger partial charge in [0.1, 0.15) is 0 Å². The Morgan fingerprint density at radius 1 is 1.39 bits per heavy atom. The highest BCUT2D eigenvalue weighted by Gasteiger charge is 2.38. The van der Waals surface area contributed by atoms with Gasteiger partial charge in [-0.05, 0) is 32.1 Å². The number of nitrogens with one attached hydrogen (secondary N) is 1. The fourth-order valence-corrected chi connectivity index (χ4v) is 3.25. The number of methoxy groups -OCH3 is 1. The molecule has 2 rings (SSSR count). The second-order valence-corrected chi connectivity index (χ2v) is 5.68. The van der Waals surface area contributed by atoms with E-state index in [2.05, 4.69) is 5.32 Å². The molecular weight excluding hydrogens is 252 g/mol. The molecule has 1 amide bonds. The van der Waals surface area contributed by atoms with Gasteiger partial charge in [-0.3, -0.25) is 4.79 Å². The third-order valence-corrected chi connectivity index (χ3v) is 4.21. The Morgan fingerprint density at radius 3 is 2.56 bits per heavy atom. The number of carbonyl (C=O) groups excluding carboxylic acids is 1. The van der Waals surface area contributed by atoms with Crippen molar-refractivity contribution in [2.45, 2.75) is 56.5 Å². The number of hydrogen-bond acceptors (Lipinski definition) is 3. The summed E-state index contributed by atoms with van der Waals surface area (Å²) in [5, 5.41) is 3.24. The molecule has 0 radical (unpaired) electrons. The molecule has 5 heteroatoms. The maximum Gasteiger partial charge on any atom is 0.223 e. The molecule has 3 N–H and O–H groups in total. The van der Waals surface area contributed by atoms with Crippen molar-refractivity contribution in [3.63, 3.8) is 0 Å². The molecule has 2 atom stereocenters. The molecule has 0 heterocycles. The molecule has 0 aliphatic heterocycles. The van der Waals surface area contributed by atoms with Gasteiger partial charge in [-0.2, -0.15) is 0 Å². The molecule has 0 aromatic heterocycles. The van der Waals surface area contributed by atoms with E-state index in [4.69, 9.17) is 10.5 Å². The highest BCUT2D eigenvalue weighted by molar-refractivity contribution is 5.85. The van der Waals surface area contributed by atoms with Crippen LogP contribution < -0.4 is 11.1 Å². The first-order valence-corrected chi connectivity index (χ1v) is 6.72. The Bertz CT molecular complexity index is 280. The molecule has 18 heavy (non-hydrogen) atoms. The molecule has 0 bridgehead atoms. The zero-order chi connectivity index (χ0) is 12.3. The second-order valence-electron chi connectivity index (χ2n) is 5.68. The quantitative estimate of drug-likeness (QED) is 0.820. The van der Waals surface area contributed by atoms with Crippen molar-refractivity contribution in [1.29, 1.82) is 0 Å². The van der Waals surface area contributed by atoms with E-state index in [1.807, 2.05) is 0 Å². The summed E-state index contributed by atoms with van der Waals surface area (Å²) in [4.78, 5) is 12.2. The molecule has 0 aromatic rings. The van der Waals surface area contributed by atoms with Crippen LogP contribution in [0, 0.1) is 5.92 Å². The van der Waals surface area contributed by atoms with Gasteiger partial charge in [0.25, 0.3) is 0 Å². The third-order valence-electron chi connectivity index (χ3n) is 4.21. The fourth-order valence-electron chi connectivity index (χ4n) is 3.25. The zero-order valence-electron chi connectivity index (χ0n) is 11.1. The Kier molecular flexibility index (Phi) is 5.89. The number of amides is 1. The summed E-state index contributed by atoms with van der Waals surface area (Å²) >= 11 is 0. The summed E-state index contributed by atoms with van der Waals surface area (Å²) in [6.07, 6.45) is 7.23. The van der Waals surface area contributed by atoms with Crippen LogP contribution in [0.1, 0.15) is 44.9 Å². The molecule has 2 aliphatic carbocycles. The van der Waals surface area contributed by atoms with Gasteiger partial charge in [-0.1, -0.05) is 12.8 Å². The van der Waals surface area contributed by atoms with Gasteiger partial charge in [-0.25, -0.2) is 0 Å². The highest BCUT2D eigenvalue weighted by Crippen LogP contribution is 2.32. The first-order valence-electron chi connectivity index (χ1n) is 6.72. The van der Waals surface area contributed by atoms with E-state index < -0.39 is 0 Å². The monoisotopic (exact) mass is 276 g/mol. The van der Waals surface area contributed by atoms with Gasteiger partial charge in [0.15, 0.2) is 0 Å². The van der Waals surface area contributed by atoms with Gasteiger partial charge in [0, 0.05) is 19.1 Å². The van der Waals surface area contributed by atoms with Crippen LogP contribution in [0.5, 0.6) is 0 Å². The summed E-state index contributed by atoms with van der Waals surface area (Å²) in [5.41, 5.74) is 5.76. The van der Waals surface area contributed by atoms with Crippen LogP contribution in [0.2, 0.25) is 0 Å². The van der Waals surface area contributed by atoms with Crippen LogP contribution >= 0.6 is 12.4 Å². The van der Waals surface area contributed by atoms with E-state index in [0.29, 0.717) is 6.61 Å². The molecule has 2 fully saturated rings. The van der Waals surface area contributed by atoms with Crippen molar-refractivity contribution in [1.82, 2.24) is 5.32 Å². The number of halogens is 1. The molecule has 0 saturated heterocycles. The van der Waals surface area contributed by atoms with E-state index in [1.165, 1.54) is 12.8 Å². The largest absolute Gasteiger partial charge is 0.382 e.